The Labute approximate surface area is 204 Å². The molecule has 1 N–H and O–H groups in total. The molecule has 0 bridgehead atoms. The summed E-state index contributed by atoms with van der Waals surface area (Å²) in [6.45, 7) is 4.35. The molecule has 1 unspecified atom stereocenters. The van der Waals surface area contributed by atoms with Crippen LogP contribution in [0.1, 0.15) is 8.35 Å². The number of hydrogen-bond acceptors (Lipinski definition) is 6. The van der Waals surface area contributed by atoms with Crippen LogP contribution >= 0.6 is 11.3 Å². The minimum atomic E-state index is -3.68. The van der Waals surface area contributed by atoms with Gasteiger partial charge in [0.05, 0.1) is 4.90 Å². The number of nitrogens with zero attached hydrogens (tertiary/aromatic N) is 4. The molecule has 3 heterocycles. The van der Waals surface area contributed by atoms with E-state index in [9.17, 15) is 13.2 Å². The van der Waals surface area contributed by atoms with Crippen LogP contribution in [-0.4, -0.2) is 54.5 Å². The summed E-state index contributed by atoms with van der Waals surface area (Å²) in [4.78, 5) is 21.3. The highest BCUT2D eigenvalue weighted by atomic mass is 32.2. The lowest BCUT2D eigenvalue weighted by atomic mass is 10.1. The van der Waals surface area contributed by atoms with E-state index < -0.39 is 10.0 Å². The zero-order chi connectivity index (χ0) is 23.7. The van der Waals surface area contributed by atoms with Gasteiger partial charge >= 0.3 is 0 Å². The summed E-state index contributed by atoms with van der Waals surface area (Å²) < 4.78 is 29.6. The highest BCUT2D eigenvalue weighted by molar-refractivity contribution is 7.93. The molecule has 1 saturated heterocycles. The summed E-state index contributed by atoms with van der Waals surface area (Å²) in [6, 6.07) is 16.9. The lowest BCUT2D eigenvalue weighted by Gasteiger charge is -2.41. The molecule has 2 aromatic carbocycles. The fraction of sp³-hybridized carbons (Fsp3) is 0.250. The van der Waals surface area contributed by atoms with Gasteiger partial charge in [-0.1, -0.05) is 18.2 Å². The second-order valence-electron chi connectivity index (χ2n) is 8.32. The van der Waals surface area contributed by atoms with E-state index in [0.717, 1.165) is 16.6 Å². The van der Waals surface area contributed by atoms with E-state index in [-0.39, 0.29) is 18.3 Å². The molecule has 1 aliphatic heterocycles. The zero-order valence-corrected chi connectivity index (χ0v) is 20.3. The van der Waals surface area contributed by atoms with Gasteiger partial charge in [0, 0.05) is 56.1 Å². The third kappa shape index (κ3) is 4.51. The van der Waals surface area contributed by atoms with E-state index in [0.29, 0.717) is 31.3 Å². The van der Waals surface area contributed by atoms with Crippen LogP contribution in [0.4, 0.5) is 10.8 Å². The Bertz CT molecular complexity index is 1400. The lowest BCUT2D eigenvalue weighted by molar-refractivity contribution is -0.134. The standard InChI is InChI=1S/C24H25N5O3S2.H2/c1-18-16-27(20-6-8-21(9-7-20)34(31,32)26-24-25-11-15-33-24)13-14-29(18)23(30)17-28-12-10-19-4-2-3-5-22(19)28;/h2-12,15,18H,13-14,16-17H2,1H3,(H,25,26);1H. The number of thiazole rings is 1. The molecule has 1 aliphatic rings. The fourth-order valence-corrected chi connectivity index (χ4v) is 6.15. The van der Waals surface area contributed by atoms with Crippen molar-refractivity contribution in [1.29, 1.82) is 0 Å². The van der Waals surface area contributed by atoms with E-state index in [1.54, 1.807) is 23.7 Å². The number of sulfonamides is 1. The molecule has 0 radical (unpaired) electrons. The van der Waals surface area contributed by atoms with Gasteiger partial charge < -0.3 is 14.4 Å². The van der Waals surface area contributed by atoms with E-state index in [4.69, 9.17) is 0 Å². The predicted molar refractivity (Wildman–Crippen MR) is 137 cm³/mol. The van der Waals surface area contributed by atoms with Gasteiger partial charge in [-0.05, 0) is 48.7 Å². The molecule has 1 amide bonds. The number of anilines is 2. The quantitative estimate of drug-likeness (QED) is 0.437. The Hall–Kier alpha value is -3.37. The summed E-state index contributed by atoms with van der Waals surface area (Å²) in [6.07, 6.45) is 3.51. The summed E-state index contributed by atoms with van der Waals surface area (Å²) in [5, 5.41) is 3.18. The third-order valence-corrected chi connectivity index (χ3v) is 8.27. The van der Waals surface area contributed by atoms with E-state index in [2.05, 4.69) is 21.5 Å². The maximum absolute atomic E-state index is 13.1. The third-order valence-electron chi connectivity index (χ3n) is 6.10. The largest absolute Gasteiger partial charge is 0.368 e. The van der Waals surface area contributed by atoms with E-state index >= 15 is 0 Å². The minimum absolute atomic E-state index is 0. The number of fused-ring (bicyclic) bond motifs is 1. The van der Waals surface area contributed by atoms with Gasteiger partial charge in [-0.15, -0.1) is 11.3 Å². The van der Waals surface area contributed by atoms with E-state index in [1.165, 1.54) is 11.3 Å². The zero-order valence-electron chi connectivity index (χ0n) is 18.7. The van der Waals surface area contributed by atoms with Gasteiger partial charge in [0.15, 0.2) is 5.13 Å². The minimum Gasteiger partial charge on any atom is -0.368 e. The average molecular weight is 498 g/mol. The summed E-state index contributed by atoms with van der Waals surface area (Å²) >= 11 is 1.23. The highest BCUT2D eigenvalue weighted by Gasteiger charge is 2.28. The number of carbonyl (C=O) groups is 1. The first kappa shape index (κ1) is 22.4. The first-order valence-corrected chi connectivity index (χ1v) is 13.4. The normalized spacial score (nSPS) is 16.7. The summed E-state index contributed by atoms with van der Waals surface area (Å²) in [5.41, 5.74) is 1.99. The van der Waals surface area contributed by atoms with Gasteiger partial charge in [0.1, 0.15) is 6.54 Å². The second kappa shape index (κ2) is 9.11. The Morgan fingerprint density at radius 2 is 1.94 bits per heavy atom. The maximum Gasteiger partial charge on any atom is 0.263 e. The number of rotatable bonds is 6. The average Bonchev–Trinajstić information content (AvgIpc) is 3.49. The van der Waals surface area contributed by atoms with Gasteiger partial charge in [-0.25, -0.2) is 13.4 Å². The van der Waals surface area contributed by atoms with Crippen LogP contribution in [0, 0.1) is 0 Å². The lowest BCUT2D eigenvalue weighted by Crippen LogP contribution is -2.54. The van der Waals surface area contributed by atoms with Gasteiger partial charge in [0.2, 0.25) is 5.91 Å². The Morgan fingerprint density at radius 1 is 1.15 bits per heavy atom. The summed E-state index contributed by atoms with van der Waals surface area (Å²) in [7, 11) is -3.68. The van der Waals surface area contributed by atoms with Crippen molar-refractivity contribution in [3.63, 3.8) is 0 Å². The predicted octanol–water partition coefficient (Wildman–Crippen LogP) is 3.88. The molecule has 1 atom stereocenters. The molecule has 2 aromatic heterocycles. The second-order valence-corrected chi connectivity index (χ2v) is 10.9. The molecular weight excluding hydrogens is 470 g/mol. The van der Waals surface area contributed by atoms with Gasteiger partial charge in [0.25, 0.3) is 10.0 Å². The maximum atomic E-state index is 13.1. The van der Waals surface area contributed by atoms with Crippen LogP contribution in [0.5, 0.6) is 0 Å². The van der Waals surface area contributed by atoms with E-state index in [1.807, 2.05) is 58.1 Å². The monoisotopic (exact) mass is 497 g/mol. The van der Waals surface area contributed by atoms with Crippen molar-refractivity contribution >= 4 is 49.0 Å². The van der Waals surface area contributed by atoms with Crippen LogP contribution < -0.4 is 9.62 Å². The van der Waals surface area contributed by atoms with Gasteiger partial charge in [-0.3, -0.25) is 9.52 Å². The molecule has 1 fully saturated rings. The van der Waals surface area contributed by atoms with Crippen molar-refractivity contribution < 1.29 is 14.6 Å². The molecule has 0 spiro atoms. The van der Waals surface area contributed by atoms with Gasteiger partial charge in [-0.2, -0.15) is 0 Å². The number of benzene rings is 2. The molecule has 34 heavy (non-hydrogen) atoms. The molecule has 178 valence electrons. The Morgan fingerprint density at radius 3 is 2.68 bits per heavy atom. The molecule has 0 saturated carbocycles. The Balaban J connectivity index is 0.00000289. The van der Waals surface area contributed by atoms with Crippen molar-refractivity contribution in [1.82, 2.24) is 14.5 Å². The van der Waals surface area contributed by atoms with Crippen LogP contribution in [0.2, 0.25) is 0 Å². The van der Waals surface area contributed by atoms with Crippen molar-refractivity contribution in [3.8, 4) is 0 Å². The van der Waals surface area contributed by atoms with Crippen LogP contribution in [0.15, 0.2) is 77.3 Å². The first-order chi connectivity index (χ1) is 16.4. The van der Waals surface area contributed by atoms with Crippen molar-refractivity contribution in [2.45, 2.75) is 24.4 Å². The Kier molecular flexibility index (Phi) is 6.01. The summed E-state index contributed by atoms with van der Waals surface area (Å²) in [5.74, 6) is 0.100. The topological polar surface area (TPSA) is 87.5 Å². The number of para-hydroxylation sites is 1. The number of carbonyl (C=O) groups excluding carboxylic acids is 1. The SMILES string of the molecule is CC1CN(c2ccc(S(=O)(=O)Nc3nccs3)cc2)CCN1C(=O)Cn1ccc2ccccc21.[HH]. The van der Waals surface area contributed by atoms with Crippen molar-refractivity contribution in [2.75, 3.05) is 29.3 Å². The molecular formula is C24H27N5O3S2. The fourth-order valence-electron chi connectivity index (χ4n) is 4.36. The molecule has 0 aliphatic carbocycles. The number of amides is 1. The smallest absolute Gasteiger partial charge is 0.263 e. The molecule has 5 rings (SSSR count). The number of aromatic nitrogens is 2. The van der Waals surface area contributed by atoms with Crippen LogP contribution in [0.3, 0.4) is 0 Å². The highest BCUT2D eigenvalue weighted by Crippen LogP contribution is 2.24. The molecule has 8 nitrogen and oxygen atoms in total. The van der Waals surface area contributed by atoms with Crippen LogP contribution in [0.25, 0.3) is 10.9 Å². The first-order valence-electron chi connectivity index (χ1n) is 11.0. The number of piperazine rings is 1. The number of hydrogen-bond donors (Lipinski definition) is 1. The van der Waals surface area contributed by atoms with Crippen LogP contribution in [-0.2, 0) is 21.4 Å². The molecule has 10 heteroatoms. The van der Waals surface area contributed by atoms with Crippen molar-refractivity contribution in [3.05, 3.63) is 72.4 Å². The van der Waals surface area contributed by atoms with Crippen molar-refractivity contribution in [2.24, 2.45) is 0 Å². The number of nitrogens with one attached hydrogen (secondary N) is 1. The molecule has 4 aromatic rings.